The summed E-state index contributed by atoms with van der Waals surface area (Å²) in [6, 6.07) is 5.37. The van der Waals surface area contributed by atoms with E-state index in [4.69, 9.17) is 5.73 Å². The molecule has 3 rings (SSSR count). The normalized spacial score (nSPS) is 31.9. The van der Waals surface area contributed by atoms with Gasteiger partial charge in [-0.2, -0.15) is 0 Å². The summed E-state index contributed by atoms with van der Waals surface area (Å²) in [7, 11) is 2.09. The monoisotopic (exact) mass is 235 g/mol. The lowest BCUT2D eigenvalue weighted by atomic mass is 9.79. The Labute approximate surface area is 101 Å². The highest BCUT2D eigenvalue weighted by Crippen LogP contribution is 2.40. The van der Waals surface area contributed by atoms with Crippen LogP contribution in [0.4, 0.5) is 10.1 Å². The number of nitrogens with one attached hydrogen (secondary N) is 1. The van der Waals surface area contributed by atoms with Crippen molar-refractivity contribution in [2.45, 2.75) is 18.5 Å². The van der Waals surface area contributed by atoms with Gasteiger partial charge in [-0.25, -0.2) is 4.39 Å². The summed E-state index contributed by atoms with van der Waals surface area (Å²) < 4.78 is 13.3. The zero-order valence-electron chi connectivity index (χ0n) is 9.99. The fraction of sp³-hybridized carbons (Fsp3) is 0.538. The Kier molecular flexibility index (Phi) is 2.56. The molecule has 1 fully saturated rings. The van der Waals surface area contributed by atoms with Crippen molar-refractivity contribution >= 4 is 5.69 Å². The molecule has 0 radical (unpaired) electrons. The summed E-state index contributed by atoms with van der Waals surface area (Å²) in [5.41, 5.74) is 8.33. The molecule has 0 amide bonds. The molecule has 0 saturated carbocycles. The lowest BCUT2D eigenvalue weighted by Gasteiger charge is -2.47. The van der Waals surface area contributed by atoms with Gasteiger partial charge < -0.3 is 16.0 Å². The molecule has 0 spiro atoms. The highest BCUT2D eigenvalue weighted by Gasteiger charge is 2.39. The molecule has 3 N–H and O–H groups in total. The van der Waals surface area contributed by atoms with Gasteiger partial charge in [-0.1, -0.05) is 0 Å². The van der Waals surface area contributed by atoms with Gasteiger partial charge in [0.1, 0.15) is 5.82 Å². The minimum Gasteiger partial charge on any atom is -0.371 e. The van der Waals surface area contributed by atoms with Gasteiger partial charge in [0.05, 0.1) is 0 Å². The molecular weight excluding hydrogens is 217 g/mol. The maximum atomic E-state index is 13.3. The van der Waals surface area contributed by atoms with E-state index in [-0.39, 0.29) is 11.9 Å². The van der Waals surface area contributed by atoms with Gasteiger partial charge in [-0.3, -0.25) is 0 Å². The Bertz CT molecular complexity index is 435. The smallest absolute Gasteiger partial charge is 0.123 e. The standard InChI is InChI=1S/C13H18FN3/c1-17-11-3-2-8(14)6-9(11)13(15)10-7-16-5-4-12(10)17/h2-3,6,10,12-13,16H,4-5,7,15H2,1H3. The summed E-state index contributed by atoms with van der Waals surface area (Å²) in [6.07, 6.45) is 1.10. The van der Waals surface area contributed by atoms with Gasteiger partial charge in [0.15, 0.2) is 0 Å². The number of nitrogens with zero attached hydrogens (tertiary/aromatic N) is 1. The summed E-state index contributed by atoms with van der Waals surface area (Å²) in [6.45, 7) is 1.96. The third kappa shape index (κ3) is 1.63. The number of halogens is 1. The van der Waals surface area contributed by atoms with Crippen molar-refractivity contribution in [2.75, 3.05) is 25.0 Å². The van der Waals surface area contributed by atoms with Crippen LogP contribution in [0.2, 0.25) is 0 Å². The molecule has 3 nitrogen and oxygen atoms in total. The molecule has 3 atom stereocenters. The molecule has 4 heteroatoms. The average Bonchev–Trinajstić information content (AvgIpc) is 2.36. The third-order valence-corrected chi connectivity index (χ3v) is 4.18. The molecule has 0 aliphatic carbocycles. The van der Waals surface area contributed by atoms with E-state index in [1.165, 1.54) is 6.07 Å². The molecule has 2 heterocycles. The molecule has 0 bridgehead atoms. The van der Waals surface area contributed by atoms with E-state index < -0.39 is 0 Å². The number of anilines is 1. The lowest BCUT2D eigenvalue weighted by molar-refractivity contribution is 0.262. The minimum absolute atomic E-state index is 0.0605. The Morgan fingerprint density at radius 1 is 1.47 bits per heavy atom. The second kappa shape index (κ2) is 3.96. The molecule has 17 heavy (non-hydrogen) atoms. The first-order valence-electron chi connectivity index (χ1n) is 6.17. The van der Waals surface area contributed by atoms with Crippen LogP contribution in [0.3, 0.4) is 0 Å². The van der Waals surface area contributed by atoms with E-state index in [1.807, 2.05) is 6.07 Å². The SMILES string of the molecule is CN1c2ccc(F)cc2C(N)C2CNCCC21. The van der Waals surface area contributed by atoms with Crippen molar-refractivity contribution in [3.05, 3.63) is 29.6 Å². The molecule has 2 aliphatic heterocycles. The Morgan fingerprint density at radius 2 is 2.29 bits per heavy atom. The van der Waals surface area contributed by atoms with E-state index in [0.717, 1.165) is 30.8 Å². The number of rotatable bonds is 0. The largest absolute Gasteiger partial charge is 0.371 e. The van der Waals surface area contributed by atoms with Gasteiger partial charge in [-0.15, -0.1) is 0 Å². The van der Waals surface area contributed by atoms with Crippen LogP contribution < -0.4 is 16.0 Å². The second-order valence-electron chi connectivity index (χ2n) is 5.06. The van der Waals surface area contributed by atoms with Gasteiger partial charge in [0.25, 0.3) is 0 Å². The van der Waals surface area contributed by atoms with Crippen LogP contribution in [-0.2, 0) is 0 Å². The Balaban J connectivity index is 2.07. The predicted molar refractivity (Wildman–Crippen MR) is 66.5 cm³/mol. The Morgan fingerprint density at radius 3 is 3.12 bits per heavy atom. The molecular formula is C13H18FN3. The minimum atomic E-state index is -0.199. The number of fused-ring (bicyclic) bond motifs is 2. The summed E-state index contributed by atoms with van der Waals surface area (Å²) in [5.74, 6) is 0.179. The van der Waals surface area contributed by atoms with Crippen molar-refractivity contribution < 1.29 is 4.39 Å². The molecule has 3 unspecified atom stereocenters. The molecule has 92 valence electrons. The first kappa shape index (κ1) is 11.0. The quantitative estimate of drug-likeness (QED) is 0.711. The van der Waals surface area contributed by atoms with E-state index in [0.29, 0.717) is 12.0 Å². The number of benzene rings is 1. The van der Waals surface area contributed by atoms with Crippen LogP contribution in [0.25, 0.3) is 0 Å². The number of piperidine rings is 1. The maximum Gasteiger partial charge on any atom is 0.123 e. The summed E-state index contributed by atoms with van der Waals surface area (Å²) in [4.78, 5) is 2.27. The van der Waals surface area contributed by atoms with Crippen LogP contribution in [0.1, 0.15) is 18.0 Å². The van der Waals surface area contributed by atoms with Gasteiger partial charge in [0.2, 0.25) is 0 Å². The molecule has 1 aromatic carbocycles. The number of hydrogen-bond acceptors (Lipinski definition) is 3. The first-order valence-corrected chi connectivity index (χ1v) is 6.17. The predicted octanol–water partition coefficient (Wildman–Crippen LogP) is 1.25. The highest BCUT2D eigenvalue weighted by molar-refractivity contribution is 5.58. The van der Waals surface area contributed by atoms with Crippen LogP contribution in [0, 0.1) is 11.7 Å². The van der Waals surface area contributed by atoms with Crippen LogP contribution >= 0.6 is 0 Å². The van der Waals surface area contributed by atoms with Crippen molar-refractivity contribution in [3.63, 3.8) is 0 Å². The molecule has 1 saturated heterocycles. The third-order valence-electron chi connectivity index (χ3n) is 4.18. The van der Waals surface area contributed by atoms with Crippen LogP contribution in [0.15, 0.2) is 18.2 Å². The van der Waals surface area contributed by atoms with E-state index in [1.54, 1.807) is 6.07 Å². The van der Waals surface area contributed by atoms with Gasteiger partial charge >= 0.3 is 0 Å². The molecule has 2 aliphatic rings. The van der Waals surface area contributed by atoms with E-state index in [2.05, 4.69) is 17.3 Å². The molecule has 0 aromatic heterocycles. The highest BCUT2D eigenvalue weighted by atomic mass is 19.1. The van der Waals surface area contributed by atoms with Gasteiger partial charge in [-0.05, 0) is 36.7 Å². The fourth-order valence-corrected chi connectivity index (χ4v) is 3.24. The van der Waals surface area contributed by atoms with E-state index in [9.17, 15) is 4.39 Å². The summed E-state index contributed by atoms with van der Waals surface area (Å²) >= 11 is 0. The first-order chi connectivity index (χ1) is 8.18. The van der Waals surface area contributed by atoms with Crippen LogP contribution in [-0.4, -0.2) is 26.2 Å². The summed E-state index contributed by atoms with van der Waals surface area (Å²) in [5, 5.41) is 3.38. The molecule has 1 aromatic rings. The van der Waals surface area contributed by atoms with Crippen molar-refractivity contribution in [1.82, 2.24) is 5.32 Å². The number of hydrogen-bond donors (Lipinski definition) is 2. The zero-order valence-corrected chi connectivity index (χ0v) is 9.99. The fourth-order valence-electron chi connectivity index (χ4n) is 3.24. The van der Waals surface area contributed by atoms with E-state index >= 15 is 0 Å². The lowest BCUT2D eigenvalue weighted by Crippen LogP contribution is -2.55. The van der Waals surface area contributed by atoms with Gasteiger partial charge in [0, 0.05) is 37.3 Å². The van der Waals surface area contributed by atoms with Crippen molar-refractivity contribution in [3.8, 4) is 0 Å². The second-order valence-corrected chi connectivity index (χ2v) is 5.06. The number of nitrogens with two attached hydrogens (primary N) is 1. The Hall–Kier alpha value is -1.13. The van der Waals surface area contributed by atoms with Crippen LogP contribution in [0.5, 0.6) is 0 Å². The zero-order chi connectivity index (χ0) is 12.0. The van der Waals surface area contributed by atoms with Crippen molar-refractivity contribution in [2.24, 2.45) is 11.7 Å². The topological polar surface area (TPSA) is 41.3 Å². The maximum absolute atomic E-state index is 13.3. The van der Waals surface area contributed by atoms with Crippen molar-refractivity contribution in [1.29, 1.82) is 0 Å². The average molecular weight is 235 g/mol.